The van der Waals surface area contributed by atoms with Gasteiger partial charge in [0, 0.05) is 0 Å². The van der Waals surface area contributed by atoms with Gasteiger partial charge >= 0.3 is 0 Å². The highest BCUT2D eigenvalue weighted by Gasteiger charge is 2.21. The number of aliphatic hydroxyl groups is 1. The van der Waals surface area contributed by atoms with E-state index in [1.165, 1.54) is 24.0 Å². The number of allylic oxidation sites excluding steroid dienone is 2. The Balaban J connectivity index is 2.21. The fraction of sp³-hybridized carbons (Fsp3) is 0.556. The van der Waals surface area contributed by atoms with Gasteiger partial charge in [0.25, 0.3) is 0 Å². The summed E-state index contributed by atoms with van der Waals surface area (Å²) in [6, 6.07) is 0. The zero-order valence-electron chi connectivity index (χ0n) is 6.01. The smallest absolute Gasteiger partial charge is 0.0617 e. The Kier molecular flexibility index (Phi) is 1.38. The second-order valence-electron chi connectivity index (χ2n) is 3.13. The minimum atomic E-state index is -0.0762. The van der Waals surface area contributed by atoms with E-state index in [1.54, 1.807) is 0 Å². The SMILES string of the molecule is OC1CC2=C(CCC=C2)C1. The Labute approximate surface area is 61.1 Å². The van der Waals surface area contributed by atoms with Crippen molar-refractivity contribution in [2.45, 2.75) is 31.8 Å². The van der Waals surface area contributed by atoms with Crippen molar-refractivity contribution >= 4 is 0 Å². The first-order valence-electron chi connectivity index (χ1n) is 3.92. The van der Waals surface area contributed by atoms with E-state index in [0.717, 1.165) is 12.8 Å². The minimum Gasteiger partial charge on any atom is -0.392 e. The summed E-state index contributed by atoms with van der Waals surface area (Å²) in [5.74, 6) is 0. The molecule has 0 radical (unpaired) electrons. The van der Waals surface area contributed by atoms with Crippen molar-refractivity contribution in [2.75, 3.05) is 0 Å². The fourth-order valence-corrected chi connectivity index (χ4v) is 1.82. The molecule has 0 aromatic heterocycles. The highest BCUT2D eigenvalue weighted by molar-refractivity contribution is 5.34. The number of rotatable bonds is 0. The molecule has 2 aliphatic rings. The van der Waals surface area contributed by atoms with Crippen LogP contribution in [0.2, 0.25) is 0 Å². The van der Waals surface area contributed by atoms with Gasteiger partial charge in [-0.15, -0.1) is 0 Å². The molecule has 1 N–H and O–H groups in total. The van der Waals surface area contributed by atoms with Crippen LogP contribution in [-0.2, 0) is 0 Å². The van der Waals surface area contributed by atoms with Crippen molar-refractivity contribution in [3.8, 4) is 0 Å². The Bertz CT molecular complexity index is 201. The van der Waals surface area contributed by atoms with Crippen molar-refractivity contribution in [3.05, 3.63) is 23.3 Å². The van der Waals surface area contributed by atoms with Gasteiger partial charge in [0.15, 0.2) is 0 Å². The summed E-state index contributed by atoms with van der Waals surface area (Å²) in [4.78, 5) is 0. The molecule has 0 heterocycles. The molecule has 0 saturated carbocycles. The van der Waals surface area contributed by atoms with Crippen molar-refractivity contribution in [1.29, 1.82) is 0 Å². The Morgan fingerprint density at radius 3 is 3.10 bits per heavy atom. The molecule has 0 spiro atoms. The van der Waals surface area contributed by atoms with Crippen LogP contribution >= 0.6 is 0 Å². The van der Waals surface area contributed by atoms with Gasteiger partial charge in [-0.1, -0.05) is 17.7 Å². The normalized spacial score (nSPS) is 31.1. The number of hydrogen-bond acceptors (Lipinski definition) is 1. The molecule has 10 heavy (non-hydrogen) atoms. The van der Waals surface area contributed by atoms with Gasteiger partial charge in [0.1, 0.15) is 0 Å². The average Bonchev–Trinajstić information content (AvgIpc) is 2.27. The predicted molar refractivity (Wildman–Crippen MR) is 40.6 cm³/mol. The molecule has 1 unspecified atom stereocenters. The molecule has 2 aliphatic carbocycles. The number of hydrogen-bond donors (Lipinski definition) is 1. The van der Waals surface area contributed by atoms with E-state index >= 15 is 0 Å². The van der Waals surface area contributed by atoms with Crippen molar-refractivity contribution < 1.29 is 5.11 Å². The monoisotopic (exact) mass is 136 g/mol. The van der Waals surface area contributed by atoms with Crippen LogP contribution in [0.25, 0.3) is 0 Å². The molecule has 0 aromatic rings. The summed E-state index contributed by atoms with van der Waals surface area (Å²) in [5.41, 5.74) is 2.90. The summed E-state index contributed by atoms with van der Waals surface area (Å²) in [6.45, 7) is 0. The molecule has 2 rings (SSSR count). The molecular weight excluding hydrogens is 124 g/mol. The Hall–Kier alpha value is -0.560. The van der Waals surface area contributed by atoms with E-state index in [-0.39, 0.29) is 6.10 Å². The summed E-state index contributed by atoms with van der Waals surface area (Å²) in [7, 11) is 0. The first-order valence-corrected chi connectivity index (χ1v) is 3.92. The fourth-order valence-electron chi connectivity index (χ4n) is 1.82. The average molecular weight is 136 g/mol. The number of aliphatic hydroxyl groups excluding tert-OH is 1. The Morgan fingerprint density at radius 1 is 1.40 bits per heavy atom. The first-order chi connectivity index (χ1) is 4.86. The van der Waals surface area contributed by atoms with Gasteiger partial charge in [-0.25, -0.2) is 0 Å². The van der Waals surface area contributed by atoms with Crippen molar-refractivity contribution in [1.82, 2.24) is 0 Å². The lowest BCUT2D eigenvalue weighted by molar-refractivity contribution is 0.186. The van der Waals surface area contributed by atoms with Crippen LogP contribution in [0, 0.1) is 0 Å². The third-order valence-corrected chi connectivity index (χ3v) is 2.32. The zero-order valence-corrected chi connectivity index (χ0v) is 6.01. The molecule has 0 fully saturated rings. The van der Waals surface area contributed by atoms with Crippen LogP contribution in [-0.4, -0.2) is 11.2 Å². The molecule has 0 bridgehead atoms. The van der Waals surface area contributed by atoms with Crippen LogP contribution < -0.4 is 0 Å². The van der Waals surface area contributed by atoms with Gasteiger partial charge in [-0.2, -0.15) is 0 Å². The van der Waals surface area contributed by atoms with E-state index in [9.17, 15) is 5.11 Å². The quantitative estimate of drug-likeness (QED) is 0.538. The van der Waals surface area contributed by atoms with Crippen LogP contribution in [0.1, 0.15) is 25.7 Å². The zero-order chi connectivity index (χ0) is 6.97. The first kappa shape index (κ1) is 6.17. The van der Waals surface area contributed by atoms with Gasteiger partial charge in [0.05, 0.1) is 6.10 Å². The molecule has 54 valence electrons. The topological polar surface area (TPSA) is 20.2 Å². The maximum atomic E-state index is 9.28. The molecule has 1 atom stereocenters. The minimum absolute atomic E-state index is 0.0762. The van der Waals surface area contributed by atoms with Crippen LogP contribution in [0.15, 0.2) is 23.3 Å². The summed E-state index contributed by atoms with van der Waals surface area (Å²) >= 11 is 0. The molecular formula is C9H12O. The summed E-state index contributed by atoms with van der Waals surface area (Å²) < 4.78 is 0. The van der Waals surface area contributed by atoms with Gasteiger partial charge in [0.2, 0.25) is 0 Å². The van der Waals surface area contributed by atoms with E-state index < -0.39 is 0 Å². The van der Waals surface area contributed by atoms with Crippen LogP contribution in [0.5, 0.6) is 0 Å². The van der Waals surface area contributed by atoms with Gasteiger partial charge in [-0.05, 0) is 31.3 Å². The second-order valence-corrected chi connectivity index (χ2v) is 3.13. The van der Waals surface area contributed by atoms with Crippen LogP contribution in [0.3, 0.4) is 0 Å². The van der Waals surface area contributed by atoms with E-state index in [4.69, 9.17) is 0 Å². The van der Waals surface area contributed by atoms with E-state index in [2.05, 4.69) is 12.2 Å². The summed E-state index contributed by atoms with van der Waals surface area (Å²) in [6.07, 6.45) is 8.49. The third kappa shape index (κ3) is 0.907. The molecule has 0 saturated heterocycles. The van der Waals surface area contributed by atoms with E-state index in [0.29, 0.717) is 0 Å². The van der Waals surface area contributed by atoms with Crippen molar-refractivity contribution in [2.24, 2.45) is 0 Å². The maximum absolute atomic E-state index is 9.28. The van der Waals surface area contributed by atoms with Gasteiger partial charge < -0.3 is 5.11 Å². The van der Waals surface area contributed by atoms with Gasteiger partial charge in [-0.3, -0.25) is 0 Å². The molecule has 0 aromatic carbocycles. The lowest BCUT2D eigenvalue weighted by Gasteiger charge is -2.05. The molecule has 1 nitrogen and oxygen atoms in total. The predicted octanol–water partition coefficient (Wildman–Crippen LogP) is 1.79. The highest BCUT2D eigenvalue weighted by atomic mass is 16.3. The lowest BCUT2D eigenvalue weighted by atomic mass is 10.0. The lowest BCUT2D eigenvalue weighted by Crippen LogP contribution is -1.98. The molecule has 1 heteroatoms. The Morgan fingerprint density at radius 2 is 2.30 bits per heavy atom. The van der Waals surface area contributed by atoms with Crippen molar-refractivity contribution in [3.63, 3.8) is 0 Å². The standard InChI is InChI=1S/C9H12O/c10-9-5-7-3-1-2-4-8(7)6-9/h1,3,9-10H,2,4-6H2. The van der Waals surface area contributed by atoms with Crippen LogP contribution in [0.4, 0.5) is 0 Å². The highest BCUT2D eigenvalue weighted by Crippen LogP contribution is 2.33. The second kappa shape index (κ2) is 2.24. The molecule has 0 aliphatic heterocycles. The van der Waals surface area contributed by atoms with E-state index in [1.807, 2.05) is 0 Å². The summed E-state index contributed by atoms with van der Waals surface area (Å²) in [5, 5.41) is 9.28. The largest absolute Gasteiger partial charge is 0.392 e. The third-order valence-electron chi connectivity index (χ3n) is 2.32. The molecule has 0 amide bonds. The maximum Gasteiger partial charge on any atom is 0.0617 e.